The molecule has 1 aromatic rings. The molecule has 0 bridgehead atoms. The van der Waals surface area contributed by atoms with Gasteiger partial charge in [-0.2, -0.15) is 5.26 Å². The number of hydrogen-bond acceptors (Lipinski definition) is 5. The van der Waals surface area contributed by atoms with Gasteiger partial charge in [-0.05, 0) is 6.92 Å². The molecule has 0 atom stereocenters. The first-order valence-corrected chi connectivity index (χ1v) is 4.30. The number of ether oxygens (including phenoxy) is 2. The van der Waals surface area contributed by atoms with Crippen LogP contribution in [0.2, 0.25) is 0 Å². The highest BCUT2D eigenvalue weighted by Crippen LogP contribution is 2.08. The number of rotatable bonds is 5. The summed E-state index contributed by atoms with van der Waals surface area (Å²) in [6, 6.07) is 1.90. The second-order valence-corrected chi connectivity index (χ2v) is 2.37. The molecular formula is C9H11N3O2. The van der Waals surface area contributed by atoms with Crippen LogP contribution < -0.4 is 4.74 Å². The molecule has 0 saturated carbocycles. The molecule has 0 aromatic carbocycles. The Morgan fingerprint density at radius 1 is 1.36 bits per heavy atom. The van der Waals surface area contributed by atoms with E-state index in [1.54, 1.807) is 0 Å². The molecule has 0 aliphatic rings. The van der Waals surface area contributed by atoms with Gasteiger partial charge in [0.25, 0.3) is 5.88 Å². The van der Waals surface area contributed by atoms with Crippen LogP contribution in [-0.4, -0.2) is 29.8 Å². The summed E-state index contributed by atoms with van der Waals surface area (Å²) in [5.41, 5.74) is 0.198. The van der Waals surface area contributed by atoms with Crippen molar-refractivity contribution in [3.8, 4) is 11.9 Å². The highest BCUT2D eigenvalue weighted by Gasteiger charge is 2.03. The first kappa shape index (κ1) is 10.4. The minimum absolute atomic E-state index is 0.198. The Bertz CT molecular complexity index is 322. The summed E-state index contributed by atoms with van der Waals surface area (Å²) in [6.45, 7) is 3.41. The Hall–Kier alpha value is -1.67. The molecule has 0 spiro atoms. The van der Waals surface area contributed by atoms with Gasteiger partial charge in [0.05, 0.1) is 6.61 Å². The van der Waals surface area contributed by atoms with E-state index < -0.39 is 0 Å². The maximum atomic E-state index is 8.66. The van der Waals surface area contributed by atoms with Gasteiger partial charge in [-0.15, -0.1) is 0 Å². The van der Waals surface area contributed by atoms with Gasteiger partial charge in [0, 0.05) is 19.0 Å². The quantitative estimate of drug-likeness (QED) is 0.646. The smallest absolute Gasteiger partial charge is 0.251 e. The molecule has 1 rings (SSSR count). The molecule has 1 aromatic heterocycles. The van der Waals surface area contributed by atoms with Crippen LogP contribution in [0.4, 0.5) is 0 Å². The fourth-order valence-electron chi connectivity index (χ4n) is 0.849. The van der Waals surface area contributed by atoms with E-state index in [-0.39, 0.29) is 11.6 Å². The molecule has 74 valence electrons. The SMILES string of the molecule is CCOCCOc1nccnc1C#N. The van der Waals surface area contributed by atoms with Gasteiger partial charge >= 0.3 is 0 Å². The summed E-state index contributed by atoms with van der Waals surface area (Å²) in [6.07, 6.45) is 2.94. The van der Waals surface area contributed by atoms with Crippen LogP contribution in [0.15, 0.2) is 12.4 Å². The van der Waals surface area contributed by atoms with Gasteiger partial charge in [-0.25, -0.2) is 9.97 Å². The van der Waals surface area contributed by atoms with Crippen LogP contribution in [-0.2, 0) is 4.74 Å². The van der Waals surface area contributed by atoms with Crippen molar-refractivity contribution in [2.45, 2.75) is 6.92 Å². The Morgan fingerprint density at radius 2 is 2.14 bits per heavy atom. The van der Waals surface area contributed by atoms with E-state index in [4.69, 9.17) is 14.7 Å². The minimum Gasteiger partial charge on any atom is -0.473 e. The van der Waals surface area contributed by atoms with Crippen molar-refractivity contribution < 1.29 is 9.47 Å². The third-order valence-corrected chi connectivity index (χ3v) is 1.44. The van der Waals surface area contributed by atoms with E-state index in [1.807, 2.05) is 13.0 Å². The molecule has 5 heteroatoms. The van der Waals surface area contributed by atoms with E-state index in [2.05, 4.69) is 9.97 Å². The summed E-state index contributed by atoms with van der Waals surface area (Å²) in [5, 5.41) is 8.66. The van der Waals surface area contributed by atoms with Gasteiger partial charge in [-0.1, -0.05) is 0 Å². The monoisotopic (exact) mass is 193 g/mol. The number of nitriles is 1. The predicted molar refractivity (Wildman–Crippen MR) is 48.7 cm³/mol. The normalized spacial score (nSPS) is 9.43. The summed E-state index contributed by atoms with van der Waals surface area (Å²) in [4.78, 5) is 7.69. The van der Waals surface area contributed by atoms with Gasteiger partial charge in [-0.3, -0.25) is 0 Å². The Morgan fingerprint density at radius 3 is 2.86 bits per heavy atom. The van der Waals surface area contributed by atoms with E-state index >= 15 is 0 Å². The molecule has 0 amide bonds. The number of hydrogen-bond donors (Lipinski definition) is 0. The summed E-state index contributed by atoms with van der Waals surface area (Å²) in [5.74, 6) is 0.259. The van der Waals surface area contributed by atoms with Crippen molar-refractivity contribution in [1.29, 1.82) is 5.26 Å². The zero-order chi connectivity index (χ0) is 10.2. The third-order valence-electron chi connectivity index (χ3n) is 1.44. The fraction of sp³-hybridized carbons (Fsp3) is 0.444. The molecule has 0 aliphatic carbocycles. The van der Waals surface area contributed by atoms with E-state index in [9.17, 15) is 0 Å². The molecule has 0 saturated heterocycles. The van der Waals surface area contributed by atoms with Crippen molar-refractivity contribution in [2.24, 2.45) is 0 Å². The highest BCUT2D eigenvalue weighted by molar-refractivity contribution is 5.29. The van der Waals surface area contributed by atoms with Crippen LogP contribution in [0.3, 0.4) is 0 Å². The average molecular weight is 193 g/mol. The van der Waals surface area contributed by atoms with Crippen LogP contribution in [0.25, 0.3) is 0 Å². The summed E-state index contributed by atoms with van der Waals surface area (Å²) in [7, 11) is 0. The Balaban J connectivity index is 2.46. The fourth-order valence-corrected chi connectivity index (χ4v) is 0.849. The summed E-state index contributed by atoms with van der Waals surface area (Å²) < 4.78 is 10.3. The molecule has 0 fully saturated rings. The summed E-state index contributed by atoms with van der Waals surface area (Å²) >= 11 is 0. The molecule has 0 unspecified atom stereocenters. The predicted octanol–water partition coefficient (Wildman–Crippen LogP) is 0.764. The molecule has 0 aliphatic heterocycles. The first-order chi connectivity index (χ1) is 6.88. The van der Waals surface area contributed by atoms with Crippen LogP contribution in [0, 0.1) is 11.3 Å². The van der Waals surface area contributed by atoms with Crippen molar-refractivity contribution in [2.75, 3.05) is 19.8 Å². The molecule has 5 nitrogen and oxygen atoms in total. The zero-order valence-electron chi connectivity index (χ0n) is 7.93. The zero-order valence-corrected chi connectivity index (χ0v) is 7.93. The highest BCUT2D eigenvalue weighted by atomic mass is 16.5. The maximum Gasteiger partial charge on any atom is 0.251 e. The van der Waals surface area contributed by atoms with E-state index in [1.165, 1.54) is 12.4 Å². The lowest BCUT2D eigenvalue weighted by molar-refractivity contribution is 0.108. The second-order valence-electron chi connectivity index (χ2n) is 2.37. The van der Waals surface area contributed by atoms with Crippen LogP contribution >= 0.6 is 0 Å². The molecule has 1 heterocycles. The van der Waals surface area contributed by atoms with Gasteiger partial charge in [0.15, 0.2) is 0 Å². The molecule has 0 N–H and O–H groups in total. The Kier molecular flexibility index (Phi) is 4.38. The van der Waals surface area contributed by atoms with Crippen LogP contribution in [0.1, 0.15) is 12.6 Å². The maximum absolute atomic E-state index is 8.66. The lowest BCUT2D eigenvalue weighted by Gasteiger charge is -2.04. The minimum atomic E-state index is 0.198. The molecule has 14 heavy (non-hydrogen) atoms. The standard InChI is InChI=1S/C9H11N3O2/c1-2-13-5-6-14-9-8(7-10)11-3-4-12-9/h3-4H,2,5-6H2,1H3. The number of nitrogens with zero attached hydrogens (tertiary/aromatic N) is 3. The third kappa shape index (κ3) is 2.99. The van der Waals surface area contributed by atoms with Crippen molar-refractivity contribution in [3.05, 3.63) is 18.1 Å². The van der Waals surface area contributed by atoms with E-state index in [0.29, 0.717) is 19.8 Å². The first-order valence-electron chi connectivity index (χ1n) is 4.30. The largest absolute Gasteiger partial charge is 0.473 e. The lowest BCUT2D eigenvalue weighted by atomic mass is 10.5. The molecule has 0 radical (unpaired) electrons. The average Bonchev–Trinajstić information content (AvgIpc) is 2.25. The second kappa shape index (κ2) is 5.89. The van der Waals surface area contributed by atoms with Crippen molar-refractivity contribution >= 4 is 0 Å². The lowest BCUT2D eigenvalue weighted by Crippen LogP contribution is -2.08. The molecular weight excluding hydrogens is 182 g/mol. The topological polar surface area (TPSA) is 68.0 Å². The number of aromatic nitrogens is 2. The van der Waals surface area contributed by atoms with Crippen molar-refractivity contribution in [1.82, 2.24) is 9.97 Å². The van der Waals surface area contributed by atoms with Crippen molar-refractivity contribution in [3.63, 3.8) is 0 Å². The van der Waals surface area contributed by atoms with Gasteiger partial charge in [0.2, 0.25) is 5.69 Å². The van der Waals surface area contributed by atoms with Gasteiger partial charge < -0.3 is 9.47 Å². The van der Waals surface area contributed by atoms with Gasteiger partial charge in [0.1, 0.15) is 12.7 Å². The van der Waals surface area contributed by atoms with Crippen LogP contribution in [0.5, 0.6) is 5.88 Å². The Labute approximate surface area is 82.3 Å². The van der Waals surface area contributed by atoms with E-state index in [0.717, 1.165) is 0 Å².